The Morgan fingerprint density at radius 1 is 0.464 bits per heavy atom. The monoisotopic (exact) mass is 715 g/mol. The average Bonchev–Trinajstić information content (AvgIpc) is 3.97. The molecule has 12 aromatic rings. The summed E-state index contributed by atoms with van der Waals surface area (Å²) in [6.07, 6.45) is 0. The molecule has 56 heavy (non-hydrogen) atoms. The highest BCUT2D eigenvalue weighted by Crippen LogP contribution is 2.39. The van der Waals surface area contributed by atoms with Crippen LogP contribution in [0.25, 0.3) is 105 Å². The summed E-state index contributed by atoms with van der Waals surface area (Å²) in [6.45, 7) is 6.67. The Kier molecular flexibility index (Phi) is 6.38. The lowest BCUT2D eigenvalue weighted by Crippen LogP contribution is -2.24. The number of hydrogen-bond acceptors (Lipinski definition) is 2. The molecular formula is C52H33N3O. The van der Waals surface area contributed by atoms with Gasteiger partial charge in [-0.2, -0.15) is 0 Å². The van der Waals surface area contributed by atoms with E-state index in [9.17, 15) is 0 Å². The Balaban J connectivity index is 0.986. The highest BCUT2D eigenvalue weighted by molar-refractivity contribution is 6.15. The van der Waals surface area contributed by atoms with Crippen LogP contribution in [0.4, 0.5) is 5.69 Å². The van der Waals surface area contributed by atoms with Gasteiger partial charge < -0.3 is 13.4 Å². The first-order valence-corrected chi connectivity index (χ1v) is 19.1. The molecule has 0 fully saturated rings. The Morgan fingerprint density at radius 2 is 1.07 bits per heavy atom. The third-order valence-corrected chi connectivity index (χ3v) is 11.8. The van der Waals surface area contributed by atoms with Crippen LogP contribution in [0.3, 0.4) is 0 Å². The molecule has 4 nitrogen and oxygen atoms in total. The van der Waals surface area contributed by atoms with Gasteiger partial charge in [0.05, 0.1) is 38.5 Å². The quantitative estimate of drug-likeness (QED) is 0.179. The fraction of sp³-hybridized carbons (Fsp3) is 0.0192. The number of benzene rings is 8. The van der Waals surface area contributed by atoms with Crippen molar-refractivity contribution in [3.63, 3.8) is 0 Å². The Hall–Kier alpha value is -7.43. The zero-order valence-corrected chi connectivity index (χ0v) is 30.6. The van der Waals surface area contributed by atoms with E-state index in [2.05, 4.69) is 174 Å². The maximum absolute atomic E-state index is 6.13. The van der Waals surface area contributed by atoms with Crippen LogP contribution in [0.15, 0.2) is 179 Å². The van der Waals surface area contributed by atoms with Crippen molar-refractivity contribution in [2.75, 3.05) is 0 Å². The van der Waals surface area contributed by atoms with E-state index in [0.717, 1.165) is 60.5 Å². The average molecular weight is 716 g/mol. The van der Waals surface area contributed by atoms with Crippen LogP contribution in [0, 0.1) is 6.92 Å². The summed E-state index contributed by atoms with van der Waals surface area (Å²) in [5, 5.41) is 10.1. The second-order valence-corrected chi connectivity index (χ2v) is 14.9. The summed E-state index contributed by atoms with van der Waals surface area (Å²) < 4.78 is 10.8. The van der Waals surface area contributed by atoms with Crippen LogP contribution in [0.5, 0.6) is 0 Å². The third-order valence-electron chi connectivity index (χ3n) is 11.8. The summed E-state index contributed by atoms with van der Waals surface area (Å²) in [4.78, 5) is 5.13. The molecule has 0 atom stereocenters. The number of rotatable bonds is 4. The Morgan fingerprint density at radius 3 is 1.93 bits per heavy atom. The van der Waals surface area contributed by atoms with Crippen molar-refractivity contribution < 1.29 is 4.42 Å². The molecule has 4 heteroatoms. The van der Waals surface area contributed by atoms with E-state index in [-0.39, 0.29) is 0 Å². The van der Waals surface area contributed by atoms with Crippen molar-refractivity contribution in [2.24, 2.45) is 4.99 Å². The van der Waals surface area contributed by atoms with Gasteiger partial charge in [0.15, 0.2) is 0 Å². The highest BCUT2D eigenvalue weighted by atomic mass is 16.3. The van der Waals surface area contributed by atoms with Gasteiger partial charge in [-0.05, 0) is 101 Å². The largest absolute Gasteiger partial charge is 0.456 e. The van der Waals surface area contributed by atoms with Gasteiger partial charge in [0.2, 0.25) is 0 Å². The molecule has 0 radical (unpaired) electrons. The molecule has 0 aliphatic heterocycles. The lowest BCUT2D eigenvalue weighted by atomic mass is 10.0. The molecule has 0 unspecified atom stereocenters. The Labute approximate surface area is 321 Å². The van der Waals surface area contributed by atoms with Crippen molar-refractivity contribution in [1.82, 2.24) is 8.97 Å². The van der Waals surface area contributed by atoms with Crippen LogP contribution in [0.2, 0.25) is 0 Å². The second-order valence-electron chi connectivity index (χ2n) is 14.9. The van der Waals surface area contributed by atoms with Gasteiger partial charge in [-0.15, -0.1) is 0 Å². The molecule has 12 rings (SSSR count). The van der Waals surface area contributed by atoms with Crippen LogP contribution in [-0.4, -0.2) is 8.97 Å². The van der Waals surface area contributed by atoms with E-state index in [1.54, 1.807) is 0 Å². The summed E-state index contributed by atoms with van der Waals surface area (Å²) in [5.74, 6) is 0. The van der Waals surface area contributed by atoms with Crippen molar-refractivity contribution in [3.05, 3.63) is 186 Å². The smallest absolute Gasteiger partial charge is 0.135 e. The molecule has 0 saturated heterocycles. The lowest BCUT2D eigenvalue weighted by Gasteiger charge is -2.11. The van der Waals surface area contributed by atoms with Gasteiger partial charge in [-0.1, -0.05) is 110 Å². The molecule has 4 aromatic heterocycles. The molecule has 262 valence electrons. The zero-order valence-electron chi connectivity index (χ0n) is 30.6. The van der Waals surface area contributed by atoms with Gasteiger partial charge >= 0.3 is 0 Å². The van der Waals surface area contributed by atoms with E-state index >= 15 is 0 Å². The fourth-order valence-electron chi connectivity index (χ4n) is 9.08. The predicted molar refractivity (Wildman–Crippen MR) is 233 cm³/mol. The molecule has 0 spiro atoms. The molecule has 0 amide bonds. The molecule has 0 aliphatic rings. The predicted octanol–water partition coefficient (Wildman–Crippen LogP) is 12.7. The first kappa shape index (κ1) is 31.0. The van der Waals surface area contributed by atoms with E-state index in [1.165, 1.54) is 60.3 Å². The number of para-hydroxylation sites is 4. The SMILES string of the molecule is C=c1c(=Nc2ccccc2C)c2cccc3c4cc(-c5cccc(-n6c7ccccc7c7cc(-c8ccc9oc%10ccccc%10c9c8)ccc76)c5)ccc4n1c23. The molecule has 0 aliphatic carbocycles. The van der Waals surface area contributed by atoms with E-state index in [0.29, 0.717) is 0 Å². The molecule has 4 heterocycles. The minimum absolute atomic E-state index is 0.910. The number of hydrogen-bond donors (Lipinski definition) is 0. The molecule has 0 saturated carbocycles. The van der Waals surface area contributed by atoms with Gasteiger partial charge in [-0.25, -0.2) is 4.99 Å². The molecule has 0 N–H and O–H groups in total. The maximum Gasteiger partial charge on any atom is 0.135 e. The normalized spacial score (nSPS) is 12.6. The standard InChI is InChI=1S/C52H33N3O/c1-31-11-3-6-18-45(31)53-51-32(2)54-47-24-21-34(29-43(47)40-16-10-17-41(51)52(40)54)33-12-9-13-37(27-33)55-46-19-7-4-14-38(46)42-28-35(22-25-48(42)55)36-23-26-50-44(30-36)39-15-5-8-20-49(39)56-50/h3-30H,2H2,1H3. The van der Waals surface area contributed by atoms with Crippen molar-refractivity contribution in [1.29, 1.82) is 0 Å². The zero-order chi connectivity index (χ0) is 37.1. The highest BCUT2D eigenvalue weighted by Gasteiger charge is 2.18. The summed E-state index contributed by atoms with van der Waals surface area (Å²) in [7, 11) is 0. The summed E-state index contributed by atoms with van der Waals surface area (Å²) in [6, 6.07) is 61.0. The first-order chi connectivity index (χ1) is 27.6. The van der Waals surface area contributed by atoms with Crippen molar-refractivity contribution in [3.8, 4) is 27.9 Å². The number of fused-ring (bicyclic) bond motifs is 9. The van der Waals surface area contributed by atoms with Gasteiger partial charge in [0, 0.05) is 43.4 Å². The lowest BCUT2D eigenvalue weighted by molar-refractivity contribution is 0.669. The van der Waals surface area contributed by atoms with Crippen LogP contribution in [0.1, 0.15) is 5.56 Å². The minimum Gasteiger partial charge on any atom is -0.456 e. The van der Waals surface area contributed by atoms with E-state index < -0.39 is 0 Å². The maximum atomic E-state index is 6.13. The van der Waals surface area contributed by atoms with E-state index in [4.69, 9.17) is 9.41 Å². The van der Waals surface area contributed by atoms with E-state index in [1.807, 2.05) is 18.2 Å². The number of nitrogens with zero attached hydrogens (tertiary/aromatic N) is 3. The van der Waals surface area contributed by atoms with Gasteiger partial charge in [0.25, 0.3) is 0 Å². The third kappa shape index (κ3) is 4.38. The topological polar surface area (TPSA) is 34.8 Å². The first-order valence-electron chi connectivity index (χ1n) is 19.1. The number of aryl methyl sites for hydroxylation is 1. The van der Waals surface area contributed by atoms with Crippen LogP contribution < -0.4 is 10.7 Å². The fourth-order valence-corrected chi connectivity index (χ4v) is 9.08. The van der Waals surface area contributed by atoms with Gasteiger partial charge in [0.1, 0.15) is 11.2 Å². The van der Waals surface area contributed by atoms with Crippen molar-refractivity contribution in [2.45, 2.75) is 6.92 Å². The molecule has 0 bridgehead atoms. The molecule has 8 aromatic carbocycles. The molecular weight excluding hydrogens is 683 g/mol. The van der Waals surface area contributed by atoms with Crippen LogP contribution in [-0.2, 0) is 0 Å². The van der Waals surface area contributed by atoms with Crippen LogP contribution >= 0.6 is 0 Å². The second kappa shape index (κ2) is 11.5. The van der Waals surface area contributed by atoms with Crippen molar-refractivity contribution >= 4 is 83.2 Å². The minimum atomic E-state index is 0.910. The number of furan rings is 1. The Bertz CT molecular complexity index is 3690. The summed E-state index contributed by atoms with van der Waals surface area (Å²) >= 11 is 0. The number of aromatic nitrogens is 2. The summed E-state index contributed by atoms with van der Waals surface area (Å²) in [5.41, 5.74) is 14.5. The van der Waals surface area contributed by atoms with Gasteiger partial charge in [-0.3, -0.25) is 0 Å².